The normalized spacial score (nSPS) is 17.2. The zero-order valence-corrected chi connectivity index (χ0v) is 15.0. The Labute approximate surface area is 150 Å². The fourth-order valence-electron chi connectivity index (χ4n) is 3.21. The summed E-state index contributed by atoms with van der Waals surface area (Å²) in [6.07, 6.45) is 1.02. The van der Waals surface area contributed by atoms with Crippen molar-refractivity contribution in [3.63, 3.8) is 0 Å². The van der Waals surface area contributed by atoms with Crippen molar-refractivity contribution >= 4 is 27.5 Å². The van der Waals surface area contributed by atoms with Crippen molar-refractivity contribution < 1.29 is 9.53 Å². The number of carbonyl (C=O) groups is 1. The van der Waals surface area contributed by atoms with E-state index in [2.05, 4.69) is 43.5 Å². The molecule has 2 aromatic rings. The smallest absolute Gasteiger partial charge is 0.223 e. The van der Waals surface area contributed by atoms with Crippen LogP contribution in [0.3, 0.4) is 0 Å². The molecule has 7 nitrogen and oxygen atoms in total. The van der Waals surface area contributed by atoms with Gasteiger partial charge in [-0.05, 0) is 17.2 Å². The molecule has 0 unspecified atom stereocenters. The van der Waals surface area contributed by atoms with Gasteiger partial charge in [0.1, 0.15) is 5.75 Å². The highest BCUT2D eigenvalue weighted by Crippen LogP contribution is 2.28. The molecule has 2 aliphatic heterocycles. The third kappa shape index (κ3) is 3.74. The van der Waals surface area contributed by atoms with E-state index < -0.39 is 0 Å². The van der Waals surface area contributed by atoms with E-state index in [1.54, 1.807) is 0 Å². The highest BCUT2D eigenvalue weighted by atomic mass is 32.1. The largest absolute Gasteiger partial charge is 0.493 e. The fraction of sp³-hybridized carbons (Fsp3) is 0.471. The van der Waals surface area contributed by atoms with Gasteiger partial charge in [-0.15, -0.1) is 10.2 Å². The molecular formula is C17H21N5O2S. The first-order chi connectivity index (χ1) is 12.2. The van der Waals surface area contributed by atoms with Crippen LogP contribution in [0.15, 0.2) is 18.2 Å². The van der Waals surface area contributed by atoms with Crippen LogP contribution in [0.25, 0.3) is 0 Å². The third-order valence-corrected chi connectivity index (χ3v) is 5.41. The molecule has 132 valence electrons. The number of aromatic nitrogens is 2. The van der Waals surface area contributed by atoms with E-state index >= 15 is 0 Å². The Bertz CT molecular complexity index is 770. The number of fused-ring (bicyclic) bond motifs is 1. The standard InChI is InChI=1S/C17H21N5O2S/c1-12(23)18-16-19-20-17(25-16)22-7-5-21(6-8-22)11-13-2-3-14-4-9-24-15(14)10-13/h2-3,10H,4-9,11H2,1H3,(H,18,19,23). The van der Waals surface area contributed by atoms with Gasteiger partial charge >= 0.3 is 0 Å². The van der Waals surface area contributed by atoms with Crippen LogP contribution < -0.4 is 15.0 Å². The number of nitrogens with zero attached hydrogens (tertiary/aromatic N) is 4. The monoisotopic (exact) mass is 359 g/mol. The lowest BCUT2D eigenvalue weighted by Gasteiger charge is -2.34. The van der Waals surface area contributed by atoms with Crippen LogP contribution in [0.2, 0.25) is 0 Å². The van der Waals surface area contributed by atoms with Crippen LogP contribution in [0.4, 0.5) is 10.3 Å². The van der Waals surface area contributed by atoms with Crippen LogP contribution >= 0.6 is 11.3 Å². The Kier molecular flexibility index (Phi) is 4.54. The van der Waals surface area contributed by atoms with Gasteiger partial charge in [0.15, 0.2) is 0 Å². The lowest BCUT2D eigenvalue weighted by atomic mass is 10.1. The molecule has 1 saturated heterocycles. The molecule has 0 saturated carbocycles. The summed E-state index contributed by atoms with van der Waals surface area (Å²) in [6.45, 7) is 7.01. The molecule has 0 bridgehead atoms. The Hall–Kier alpha value is -2.19. The Morgan fingerprint density at radius 3 is 2.92 bits per heavy atom. The number of rotatable bonds is 4. The number of hydrogen-bond acceptors (Lipinski definition) is 7. The maximum atomic E-state index is 11.1. The van der Waals surface area contributed by atoms with Crippen LogP contribution in [-0.4, -0.2) is 53.8 Å². The predicted octanol–water partition coefficient (Wildman–Crippen LogP) is 1.75. The zero-order valence-electron chi connectivity index (χ0n) is 14.2. The van der Waals surface area contributed by atoms with E-state index in [1.165, 1.54) is 29.4 Å². The summed E-state index contributed by atoms with van der Waals surface area (Å²) in [7, 11) is 0. The summed E-state index contributed by atoms with van der Waals surface area (Å²) in [5.74, 6) is 0.932. The molecule has 4 rings (SSSR count). The molecule has 8 heteroatoms. The Morgan fingerprint density at radius 1 is 1.28 bits per heavy atom. The molecule has 1 N–H and O–H groups in total. The maximum Gasteiger partial charge on any atom is 0.223 e. The van der Waals surface area contributed by atoms with Gasteiger partial charge in [0.25, 0.3) is 0 Å². The van der Waals surface area contributed by atoms with Crippen LogP contribution in [0.5, 0.6) is 5.75 Å². The molecule has 1 aromatic carbocycles. The van der Waals surface area contributed by atoms with E-state index in [9.17, 15) is 4.79 Å². The van der Waals surface area contributed by atoms with E-state index in [-0.39, 0.29) is 5.91 Å². The molecule has 3 heterocycles. The second-order valence-electron chi connectivity index (χ2n) is 6.37. The van der Waals surface area contributed by atoms with Crippen molar-refractivity contribution in [3.8, 4) is 5.75 Å². The lowest BCUT2D eigenvalue weighted by Crippen LogP contribution is -2.45. The van der Waals surface area contributed by atoms with Crippen molar-refractivity contribution in [2.45, 2.75) is 19.9 Å². The van der Waals surface area contributed by atoms with E-state index in [0.29, 0.717) is 5.13 Å². The van der Waals surface area contributed by atoms with Crippen LogP contribution in [0, 0.1) is 0 Å². The fourth-order valence-corrected chi connectivity index (χ4v) is 4.05. The summed E-state index contributed by atoms with van der Waals surface area (Å²) < 4.78 is 5.66. The van der Waals surface area contributed by atoms with Gasteiger partial charge in [-0.3, -0.25) is 9.69 Å². The van der Waals surface area contributed by atoms with E-state index in [4.69, 9.17) is 4.74 Å². The maximum absolute atomic E-state index is 11.1. The zero-order chi connectivity index (χ0) is 17.2. The van der Waals surface area contributed by atoms with Gasteiger partial charge in [-0.25, -0.2) is 0 Å². The number of anilines is 2. The van der Waals surface area contributed by atoms with Crippen molar-refractivity contribution in [1.82, 2.24) is 15.1 Å². The van der Waals surface area contributed by atoms with Crippen molar-refractivity contribution in [2.75, 3.05) is 43.0 Å². The number of benzene rings is 1. The molecule has 0 atom stereocenters. The topological polar surface area (TPSA) is 70.6 Å². The first-order valence-electron chi connectivity index (χ1n) is 8.50. The Balaban J connectivity index is 1.32. The third-order valence-electron chi connectivity index (χ3n) is 4.51. The summed E-state index contributed by atoms with van der Waals surface area (Å²) in [6, 6.07) is 6.59. The van der Waals surface area contributed by atoms with Crippen LogP contribution in [0.1, 0.15) is 18.1 Å². The summed E-state index contributed by atoms with van der Waals surface area (Å²) >= 11 is 1.42. The highest BCUT2D eigenvalue weighted by Gasteiger charge is 2.21. The van der Waals surface area contributed by atoms with Gasteiger partial charge in [-0.1, -0.05) is 23.5 Å². The van der Waals surface area contributed by atoms with E-state index in [0.717, 1.165) is 56.6 Å². The summed E-state index contributed by atoms with van der Waals surface area (Å²) in [4.78, 5) is 15.8. The molecule has 1 aromatic heterocycles. The number of piperazine rings is 1. The molecule has 1 amide bonds. The molecular weight excluding hydrogens is 338 g/mol. The number of ether oxygens (including phenoxy) is 1. The van der Waals surface area contributed by atoms with Crippen LogP contribution in [-0.2, 0) is 17.8 Å². The first-order valence-corrected chi connectivity index (χ1v) is 9.32. The molecule has 25 heavy (non-hydrogen) atoms. The molecule has 0 radical (unpaired) electrons. The molecule has 0 aliphatic carbocycles. The average Bonchev–Trinajstić information content (AvgIpc) is 3.24. The number of carbonyl (C=O) groups excluding carboxylic acids is 1. The highest BCUT2D eigenvalue weighted by molar-refractivity contribution is 7.19. The van der Waals surface area contributed by atoms with Crippen molar-refractivity contribution in [3.05, 3.63) is 29.3 Å². The second-order valence-corrected chi connectivity index (χ2v) is 7.33. The molecule has 0 spiro atoms. The van der Waals surface area contributed by atoms with Gasteiger partial charge in [0.2, 0.25) is 16.2 Å². The minimum Gasteiger partial charge on any atom is -0.493 e. The van der Waals surface area contributed by atoms with E-state index in [1.807, 2.05) is 0 Å². The average molecular weight is 359 g/mol. The Morgan fingerprint density at radius 2 is 2.12 bits per heavy atom. The van der Waals surface area contributed by atoms with Gasteiger partial charge in [0, 0.05) is 46.1 Å². The number of amides is 1. The summed E-state index contributed by atoms with van der Waals surface area (Å²) in [5.41, 5.74) is 2.62. The lowest BCUT2D eigenvalue weighted by molar-refractivity contribution is -0.114. The SMILES string of the molecule is CC(=O)Nc1nnc(N2CCN(Cc3ccc4c(c3)OCC4)CC2)s1. The second kappa shape index (κ2) is 6.97. The minimum atomic E-state index is -0.120. The van der Waals surface area contributed by atoms with Crippen molar-refractivity contribution in [2.24, 2.45) is 0 Å². The van der Waals surface area contributed by atoms with Gasteiger partial charge in [-0.2, -0.15) is 0 Å². The van der Waals surface area contributed by atoms with Gasteiger partial charge < -0.3 is 15.0 Å². The summed E-state index contributed by atoms with van der Waals surface area (Å²) in [5, 5.41) is 12.3. The quantitative estimate of drug-likeness (QED) is 0.897. The minimum absolute atomic E-state index is 0.120. The first kappa shape index (κ1) is 16.3. The predicted molar refractivity (Wildman–Crippen MR) is 97.3 cm³/mol. The number of hydrogen-bond donors (Lipinski definition) is 1. The molecule has 1 fully saturated rings. The molecule has 2 aliphatic rings. The van der Waals surface area contributed by atoms with Crippen molar-refractivity contribution in [1.29, 1.82) is 0 Å². The number of nitrogens with one attached hydrogen (secondary N) is 1. The van der Waals surface area contributed by atoms with Gasteiger partial charge in [0.05, 0.1) is 6.61 Å².